The van der Waals surface area contributed by atoms with E-state index in [1.807, 2.05) is 6.07 Å². The lowest BCUT2D eigenvalue weighted by molar-refractivity contribution is -0.125. The number of nitrogens with zero attached hydrogens (tertiary/aromatic N) is 1. The van der Waals surface area contributed by atoms with Crippen molar-refractivity contribution in [3.63, 3.8) is 0 Å². The molecule has 1 unspecified atom stereocenters. The van der Waals surface area contributed by atoms with Crippen molar-refractivity contribution in [2.24, 2.45) is 5.92 Å². The highest BCUT2D eigenvalue weighted by atomic mass is 35.5. The Balaban J connectivity index is 2.35. The van der Waals surface area contributed by atoms with E-state index in [9.17, 15) is 10.1 Å². The number of halogens is 2. The molecule has 1 aliphatic carbocycles. The van der Waals surface area contributed by atoms with Gasteiger partial charge in [-0.05, 0) is 25.0 Å². The summed E-state index contributed by atoms with van der Waals surface area (Å²) in [7, 11) is 0. The minimum Gasteiger partial charge on any atom is -0.298 e. The van der Waals surface area contributed by atoms with Crippen LogP contribution in [0.3, 0.4) is 0 Å². The molecule has 0 saturated heterocycles. The molecule has 2 nitrogen and oxygen atoms in total. The first kappa shape index (κ1) is 12.4. The number of Topliss-reactive ketones (excluding diaryl/α,β-unsaturated/α-hetero) is 1. The van der Waals surface area contributed by atoms with Crippen LogP contribution in [0.1, 0.15) is 30.7 Å². The van der Waals surface area contributed by atoms with Crippen molar-refractivity contribution < 1.29 is 4.79 Å². The highest BCUT2D eigenvalue weighted by Gasteiger charge is 2.34. The number of hydrogen-bond donors (Lipinski definition) is 0. The van der Waals surface area contributed by atoms with E-state index < -0.39 is 5.92 Å². The molecule has 2 rings (SSSR count). The number of hydrogen-bond acceptors (Lipinski definition) is 2. The van der Waals surface area contributed by atoms with Crippen molar-refractivity contribution in [2.45, 2.75) is 25.2 Å². The summed E-state index contributed by atoms with van der Waals surface area (Å²) in [5.74, 6) is -0.873. The standard InChI is InChI=1S/C13H11Cl2NO/c14-10-5-2-6-11(15)12(10)9(7-16)13(17)8-3-1-4-8/h2,5-6,8-9H,1,3-4H2. The van der Waals surface area contributed by atoms with Crippen LogP contribution in [0.15, 0.2) is 18.2 Å². The van der Waals surface area contributed by atoms with Crippen LogP contribution in [-0.2, 0) is 4.79 Å². The molecule has 1 fully saturated rings. The quantitative estimate of drug-likeness (QED) is 0.832. The normalized spacial score (nSPS) is 17.0. The van der Waals surface area contributed by atoms with Crippen LogP contribution in [0.4, 0.5) is 0 Å². The fraction of sp³-hybridized carbons (Fsp3) is 0.385. The monoisotopic (exact) mass is 267 g/mol. The van der Waals surface area contributed by atoms with E-state index >= 15 is 0 Å². The Labute approximate surface area is 110 Å². The van der Waals surface area contributed by atoms with Gasteiger partial charge in [0.1, 0.15) is 5.92 Å². The predicted octanol–water partition coefficient (Wildman–Crippen LogP) is 3.97. The zero-order valence-corrected chi connectivity index (χ0v) is 10.6. The maximum atomic E-state index is 12.1. The van der Waals surface area contributed by atoms with E-state index in [2.05, 4.69) is 0 Å². The predicted molar refractivity (Wildman–Crippen MR) is 67.2 cm³/mol. The molecular weight excluding hydrogens is 257 g/mol. The minimum atomic E-state index is -0.832. The van der Waals surface area contributed by atoms with E-state index in [-0.39, 0.29) is 11.7 Å². The van der Waals surface area contributed by atoms with Crippen molar-refractivity contribution in [1.29, 1.82) is 5.26 Å². The molecule has 0 amide bonds. The lowest BCUT2D eigenvalue weighted by atomic mass is 9.76. The van der Waals surface area contributed by atoms with Crippen LogP contribution < -0.4 is 0 Å². The Morgan fingerprint density at radius 2 is 1.94 bits per heavy atom. The summed E-state index contributed by atoms with van der Waals surface area (Å²) in [5.41, 5.74) is 0.454. The summed E-state index contributed by atoms with van der Waals surface area (Å²) in [4.78, 5) is 12.1. The van der Waals surface area contributed by atoms with Crippen LogP contribution in [-0.4, -0.2) is 5.78 Å². The second-order valence-corrected chi connectivity index (χ2v) is 5.04. The molecule has 0 heterocycles. The van der Waals surface area contributed by atoms with Gasteiger partial charge in [-0.25, -0.2) is 0 Å². The van der Waals surface area contributed by atoms with Gasteiger partial charge in [0, 0.05) is 21.5 Å². The first-order valence-electron chi connectivity index (χ1n) is 5.52. The van der Waals surface area contributed by atoms with Gasteiger partial charge in [0.05, 0.1) is 6.07 Å². The molecule has 0 bridgehead atoms. The van der Waals surface area contributed by atoms with Crippen LogP contribution in [0, 0.1) is 17.2 Å². The molecule has 1 aromatic carbocycles. The topological polar surface area (TPSA) is 40.9 Å². The zero-order chi connectivity index (χ0) is 12.4. The first-order chi connectivity index (χ1) is 8.15. The number of carbonyl (C=O) groups is 1. The molecule has 17 heavy (non-hydrogen) atoms. The molecule has 0 aliphatic heterocycles. The van der Waals surface area contributed by atoms with Crippen LogP contribution in [0.2, 0.25) is 10.0 Å². The Hall–Kier alpha value is -1.04. The summed E-state index contributed by atoms with van der Waals surface area (Å²) >= 11 is 12.1. The summed E-state index contributed by atoms with van der Waals surface area (Å²) in [6.45, 7) is 0. The van der Waals surface area contributed by atoms with Crippen LogP contribution >= 0.6 is 23.2 Å². The molecular formula is C13H11Cl2NO. The molecule has 0 aromatic heterocycles. The molecule has 88 valence electrons. The Bertz CT molecular complexity index is 468. The van der Waals surface area contributed by atoms with Crippen molar-refractivity contribution in [3.05, 3.63) is 33.8 Å². The molecule has 0 radical (unpaired) electrons. The van der Waals surface area contributed by atoms with Crippen molar-refractivity contribution in [2.75, 3.05) is 0 Å². The second-order valence-electron chi connectivity index (χ2n) is 4.23. The molecule has 1 saturated carbocycles. The maximum Gasteiger partial charge on any atom is 0.157 e. The highest BCUT2D eigenvalue weighted by molar-refractivity contribution is 6.36. The lowest BCUT2D eigenvalue weighted by Gasteiger charge is -2.26. The molecule has 1 atom stereocenters. The first-order valence-corrected chi connectivity index (χ1v) is 6.28. The maximum absolute atomic E-state index is 12.1. The lowest BCUT2D eigenvalue weighted by Crippen LogP contribution is -2.27. The fourth-order valence-electron chi connectivity index (χ4n) is 1.99. The van der Waals surface area contributed by atoms with Gasteiger partial charge in [0.2, 0.25) is 0 Å². The van der Waals surface area contributed by atoms with Crippen molar-refractivity contribution in [1.82, 2.24) is 0 Å². The smallest absolute Gasteiger partial charge is 0.157 e. The number of benzene rings is 1. The Morgan fingerprint density at radius 1 is 1.35 bits per heavy atom. The van der Waals surface area contributed by atoms with E-state index in [0.717, 1.165) is 19.3 Å². The zero-order valence-electron chi connectivity index (χ0n) is 9.12. The number of ketones is 1. The largest absolute Gasteiger partial charge is 0.298 e. The highest BCUT2D eigenvalue weighted by Crippen LogP contribution is 2.37. The van der Waals surface area contributed by atoms with Crippen LogP contribution in [0.25, 0.3) is 0 Å². The molecule has 1 aromatic rings. The average Bonchev–Trinajstić information content (AvgIpc) is 2.21. The van der Waals surface area contributed by atoms with E-state index in [0.29, 0.717) is 15.6 Å². The van der Waals surface area contributed by atoms with E-state index in [4.69, 9.17) is 23.2 Å². The third kappa shape index (κ3) is 2.31. The SMILES string of the molecule is N#CC(C(=O)C1CCC1)c1c(Cl)cccc1Cl. The molecule has 0 N–H and O–H groups in total. The number of carbonyl (C=O) groups excluding carboxylic acids is 1. The van der Waals surface area contributed by atoms with Gasteiger partial charge in [-0.1, -0.05) is 35.7 Å². The summed E-state index contributed by atoms with van der Waals surface area (Å²) < 4.78 is 0. The van der Waals surface area contributed by atoms with Gasteiger partial charge in [-0.2, -0.15) is 5.26 Å². The molecule has 4 heteroatoms. The van der Waals surface area contributed by atoms with Gasteiger partial charge in [0.25, 0.3) is 0 Å². The van der Waals surface area contributed by atoms with Crippen LogP contribution in [0.5, 0.6) is 0 Å². The Kier molecular flexibility index (Phi) is 3.71. The Morgan fingerprint density at radius 3 is 2.35 bits per heavy atom. The van der Waals surface area contributed by atoms with Gasteiger partial charge in [-0.15, -0.1) is 0 Å². The average molecular weight is 268 g/mol. The second kappa shape index (κ2) is 5.08. The summed E-state index contributed by atoms with van der Waals surface area (Å²) in [6.07, 6.45) is 2.81. The van der Waals surface area contributed by atoms with E-state index in [1.54, 1.807) is 18.2 Å². The third-order valence-corrected chi connectivity index (χ3v) is 3.87. The van der Waals surface area contributed by atoms with Gasteiger partial charge >= 0.3 is 0 Å². The summed E-state index contributed by atoms with van der Waals surface area (Å²) in [6, 6.07) is 7.04. The molecule has 1 aliphatic rings. The third-order valence-electron chi connectivity index (χ3n) is 3.21. The van der Waals surface area contributed by atoms with Gasteiger partial charge in [0.15, 0.2) is 5.78 Å². The molecule has 0 spiro atoms. The van der Waals surface area contributed by atoms with E-state index in [1.165, 1.54) is 0 Å². The van der Waals surface area contributed by atoms with Crippen molar-refractivity contribution >= 4 is 29.0 Å². The number of rotatable bonds is 3. The number of nitriles is 1. The minimum absolute atomic E-state index is 0.00647. The fourth-order valence-corrected chi connectivity index (χ4v) is 2.60. The van der Waals surface area contributed by atoms with Crippen molar-refractivity contribution in [3.8, 4) is 6.07 Å². The summed E-state index contributed by atoms with van der Waals surface area (Å²) in [5, 5.41) is 9.95. The van der Waals surface area contributed by atoms with Gasteiger partial charge in [-0.3, -0.25) is 4.79 Å². The van der Waals surface area contributed by atoms with Gasteiger partial charge < -0.3 is 0 Å².